The smallest absolute Gasteiger partial charge is 0.267 e. The second kappa shape index (κ2) is 8.17. The molecule has 0 spiro atoms. The normalized spacial score (nSPS) is 9.14. The van der Waals surface area contributed by atoms with Crippen molar-refractivity contribution in [1.82, 2.24) is 4.57 Å². The summed E-state index contributed by atoms with van der Waals surface area (Å²) in [5.41, 5.74) is 1.61. The standard InChI is InChI=1S/C15H11N2O.CHO.Pt/c18-15-9-5-4-8-14(15)17-11-10-16(12-17)13-6-2-1-3-7-13;1-2;/h1-6,8-11,18H;1H;/q2*-1;. The summed E-state index contributed by atoms with van der Waals surface area (Å²) in [4.78, 5) is 7.75. The number of para-hydroxylation sites is 3. The fourth-order valence-electron chi connectivity index (χ4n) is 1.79. The van der Waals surface area contributed by atoms with Crippen LogP contribution >= 0.6 is 0 Å². The van der Waals surface area contributed by atoms with E-state index in [9.17, 15) is 5.11 Å². The van der Waals surface area contributed by atoms with E-state index in [4.69, 9.17) is 4.79 Å². The van der Waals surface area contributed by atoms with E-state index in [2.05, 4.69) is 19.2 Å². The molecule has 0 amide bonds. The Morgan fingerprint density at radius 3 is 2.48 bits per heavy atom. The van der Waals surface area contributed by atoms with Gasteiger partial charge in [-0.1, -0.05) is 12.1 Å². The van der Waals surface area contributed by atoms with Crippen molar-refractivity contribution in [3.63, 3.8) is 0 Å². The quantitative estimate of drug-likeness (QED) is 0.361. The summed E-state index contributed by atoms with van der Waals surface area (Å²) in [6.45, 7) is 3.25. The zero-order valence-corrected chi connectivity index (χ0v) is 13.2. The van der Waals surface area contributed by atoms with Gasteiger partial charge in [0, 0.05) is 33.5 Å². The zero-order chi connectivity index (χ0) is 14.4. The Labute approximate surface area is 137 Å². The number of phenols is 1. The molecule has 5 heteroatoms. The number of rotatable bonds is 2. The first-order valence-electron chi connectivity index (χ1n) is 5.86. The predicted octanol–water partition coefficient (Wildman–Crippen LogP) is 1.78. The molecule has 21 heavy (non-hydrogen) atoms. The number of carbonyl (C=O) groups excluding carboxylic acids is 1. The van der Waals surface area contributed by atoms with Crippen molar-refractivity contribution in [3.8, 4) is 17.1 Å². The molecule has 2 aromatic carbocycles. The Kier molecular flexibility index (Phi) is 6.56. The number of hydrogen-bond donors (Lipinski definition) is 1. The maximum absolute atomic E-state index is 9.79. The molecule has 110 valence electrons. The molecule has 1 heterocycles. The van der Waals surface area contributed by atoms with Crippen LogP contribution < -0.4 is 4.57 Å². The molecule has 0 saturated heterocycles. The third-order valence-corrected chi connectivity index (χ3v) is 2.67. The molecule has 0 bridgehead atoms. The summed E-state index contributed by atoms with van der Waals surface area (Å²) in [6.07, 6.45) is 6.85. The maximum atomic E-state index is 9.79. The molecule has 3 aromatic rings. The van der Waals surface area contributed by atoms with E-state index >= 15 is 0 Å². The van der Waals surface area contributed by atoms with Crippen molar-refractivity contribution in [2.45, 2.75) is 0 Å². The Hall–Kier alpha value is -2.19. The van der Waals surface area contributed by atoms with Gasteiger partial charge in [0.2, 0.25) is 0 Å². The summed E-state index contributed by atoms with van der Waals surface area (Å²) < 4.78 is 3.57. The van der Waals surface area contributed by atoms with Crippen LogP contribution in [0.5, 0.6) is 5.75 Å². The van der Waals surface area contributed by atoms with Crippen molar-refractivity contribution in [2.75, 3.05) is 0 Å². The minimum atomic E-state index is 0. The second-order valence-electron chi connectivity index (χ2n) is 3.87. The van der Waals surface area contributed by atoms with Gasteiger partial charge in [0.1, 0.15) is 11.4 Å². The van der Waals surface area contributed by atoms with E-state index in [0.29, 0.717) is 5.69 Å². The number of aromatic hydroxyl groups is 1. The number of imidazole rings is 1. The molecule has 0 aliphatic heterocycles. The van der Waals surface area contributed by atoms with Crippen LogP contribution in [0.25, 0.3) is 11.4 Å². The number of nitrogens with zero attached hydrogens (tertiary/aromatic N) is 2. The van der Waals surface area contributed by atoms with E-state index in [1.165, 1.54) is 0 Å². The minimum absolute atomic E-state index is 0. The fourth-order valence-corrected chi connectivity index (χ4v) is 1.79. The topological polar surface area (TPSA) is 46.1 Å². The van der Waals surface area contributed by atoms with Crippen molar-refractivity contribution in [1.29, 1.82) is 0 Å². The van der Waals surface area contributed by atoms with E-state index in [0.717, 1.165) is 5.69 Å². The number of aromatic nitrogens is 2. The van der Waals surface area contributed by atoms with Crippen LogP contribution in [-0.4, -0.2) is 16.5 Å². The largest absolute Gasteiger partial charge is 0.545 e. The van der Waals surface area contributed by atoms with Gasteiger partial charge in [-0.05, 0) is 17.8 Å². The molecule has 1 N–H and O–H groups in total. The number of phenolic OH excluding ortho intramolecular Hbond substituents is 1. The van der Waals surface area contributed by atoms with Gasteiger partial charge in [0.15, 0.2) is 0 Å². The zero-order valence-electron chi connectivity index (χ0n) is 10.9. The first kappa shape index (κ1) is 16.9. The number of benzene rings is 2. The third-order valence-electron chi connectivity index (χ3n) is 2.67. The van der Waals surface area contributed by atoms with Gasteiger partial charge in [-0.2, -0.15) is 30.3 Å². The SMILES string of the molecule is Oc1ccccc1-[n+]1[c-]n(-c2[c-]cccc2)cc1.[CH-]=O.[Pt]. The van der Waals surface area contributed by atoms with Crippen LogP contribution in [0.4, 0.5) is 0 Å². The first-order chi connectivity index (χ1) is 9.84. The van der Waals surface area contributed by atoms with Crippen LogP contribution in [0, 0.1) is 12.4 Å². The number of hydrogen-bond acceptors (Lipinski definition) is 2. The van der Waals surface area contributed by atoms with Crippen molar-refractivity contribution in [3.05, 3.63) is 73.3 Å². The molecule has 0 radical (unpaired) electrons. The van der Waals surface area contributed by atoms with Crippen molar-refractivity contribution in [2.24, 2.45) is 0 Å². The van der Waals surface area contributed by atoms with E-state index < -0.39 is 0 Å². The Bertz CT molecular complexity index is 684. The van der Waals surface area contributed by atoms with Gasteiger partial charge in [-0.3, -0.25) is 11.4 Å². The van der Waals surface area contributed by atoms with Gasteiger partial charge >= 0.3 is 0 Å². The summed E-state index contributed by atoms with van der Waals surface area (Å²) in [5.74, 6) is 0.230. The summed E-state index contributed by atoms with van der Waals surface area (Å²) >= 11 is 0. The molecule has 4 nitrogen and oxygen atoms in total. The summed E-state index contributed by atoms with van der Waals surface area (Å²) in [6, 6.07) is 18.0. The Balaban J connectivity index is 0.000000706. The molecule has 3 rings (SSSR count). The van der Waals surface area contributed by atoms with Crippen LogP contribution in [-0.2, 0) is 25.9 Å². The van der Waals surface area contributed by atoms with Gasteiger partial charge in [0.25, 0.3) is 6.33 Å². The van der Waals surface area contributed by atoms with Crippen LogP contribution in [0.1, 0.15) is 0 Å². The Morgan fingerprint density at radius 1 is 1.10 bits per heavy atom. The van der Waals surface area contributed by atoms with E-state index in [1.807, 2.05) is 53.4 Å². The van der Waals surface area contributed by atoms with Gasteiger partial charge < -0.3 is 14.5 Å². The van der Waals surface area contributed by atoms with Gasteiger partial charge in [-0.15, -0.1) is 0 Å². The van der Waals surface area contributed by atoms with Crippen molar-refractivity contribution < 1.29 is 35.5 Å². The van der Waals surface area contributed by atoms with Gasteiger partial charge in [-0.25, -0.2) is 0 Å². The van der Waals surface area contributed by atoms with Crippen LogP contribution in [0.2, 0.25) is 0 Å². The average Bonchev–Trinajstić information content (AvgIpc) is 3.00. The maximum Gasteiger partial charge on any atom is 0.267 e. The summed E-state index contributed by atoms with van der Waals surface area (Å²) in [5, 5.41) is 9.79. The molecule has 0 saturated carbocycles. The fraction of sp³-hybridized carbons (Fsp3) is 0. The van der Waals surface area contributed by atoms with E-state index in [1.54, 1.807) is 16.7 Å². The molecule has 0 unspecified atom stereocenters. The average molecular weight is 459 g/mol. The Morgan fingerprint density at radius 2 is 1.81 bits per heavy atom. The van der Waals surface area contributed by atoms with Crippen molar-refractivity contribution >= 4 is 6.79 Å². The minimum Gasteiger partial charge on any atom is -0.545 e. The third kappa shape index (κ3) is 3.89. The van der Waals surface area contributed by atoms with Gasteiger partial charge in [0.05, 0.1) is 0 Å². The molecular weight excluding hydrogens is 447 g/mol. The molecule has 0 fully saturated rings. The second-order valence-corrected chi connectivity index (χ2v) is 3.87. The molecule has 0 aliphatic carbocycles. The monoisotopic (exact) mass is 459 g/mol. The summed E-state index contributed by atoms with van der Waals surface area (Å²) in [7, 11) is 0. The predicted molar refractivity (Wildman–Crippen MR) is 73.4 cm³/mol. The molecule has 0 atom stereocenters. The van der Waals surface area contributed by atoms with E-state index in [-0.39, 0.29) is 26.8 Å². The molecule has 1 aromatic heterocycles. The van der Waals surface area contributed by atoms with Crippen LogP contribution in [0.15, 0.2) is 60.9 Å². The molecule has 0 aliphatic rings. The first-order valence-corrected chi connectivity index (χ1v) is 5.86. The van der Waals surface area contributed by atoms with Crippen LogP contribution in [0.3, 0.4) is 0 Å². The molecular formula is C16H12N2O2Pt-2.